The van der Waals surface area contributed by atoms with Crippen LogP contribution in [-0.2, 0) is 11.2 Å². The van der Waals surface area contributed by atoms with Crippen molar-refractivity contribution in [3.63, 3.8) is 0 Å². The average Bonchev–Trinajstić information content (AvgIpc) is 2.83. The van der Waals surface area contributed by atoms with Gasteiger partial charge in [-0.3, -0.25) is 9.59 Å². The molecule has 2 unspecified atom stereocenters. The summed E-state index contributed by atoms with van der Waals surface area (Å²) in [6, 6.07) is 1.81. The summed E-state index contributed by atoms with van der Waals surface area (Å²) in [5, 5.41) is 0. The fraction of sp³-hybridized carbons (Fsp3) is 0.556. The summed E-state index contributed by atoms with van der Waals surface area (Å²) >= 11 is 0. The standard InChI is InChI=1S/C18H23FN2O3/c1-11(22)5-12-6-17(18(23)20-8-12)24-10-13-9-21(2)16-7-14(19)3-4-15(13)16/h6,8-9,14-16H,3-5,7,10H2,1-2H3,(H,20,23)/t14-,15?,16?/m0/s1. The Morgan fingerprint density at radius 2 is 2.25 bits per heavy atom. The van der Waals surface area contributed by atoms with E-state index in [1.54, 1.807) is 6.07 Å². The van der Waals surface area contributed by atoms with Crippen molar-refractivity contribution in [1.29, 1.82) is 0 Å². The quantitative estimate of drug-likeness (QED) is 0.897. The number of ketones is 1. The van der Waals surface area contributed by atoms with Crippen molar-refractivity contribution in [2.45, 2.75) is 44.8 Å². The first-order valence-corrected chi connectivity index (χ1v) is 8.34. The van der Waals surface area contributed by atoms with E-state index in [1.807, 2.05) is 13.2 Å². The molecule has 1 aliphatic carbocycles. The maximum Gasteiger partial charge on any atom is 0.290 e. The summed E-state index contributed by atoms with van der Waals surface area (Å²) < 4.78 is 19.3. The van der Waals surface area contributed by atoms with Gasteiger partial charge in [-0.1, -0.05) is 0 Å². The van der Waals surface area contributed by atoms with E-state index < -0.39 is 6.17 Å². The fourth-order valence-electron chi connectivity index (χ4n) is 3.74. The number of nitrogens with zero attached hydrogens (tertiary/aromatic N) is 1. The second-order valence-electron chi connectivity index (χ2n) is 6.82. The molecule has 2 heterocycles. The van der Waals surface area contributed by atoms with Gasteiger partial charge in [-0.25, -0.2) is 4.39 Å². The van der Waals surface area contributed by atoms with E-state index in [2.05, 4.69) is 9.88 Å². The Balaban J connectivity index is 1.69. The van der Waals surface area contributed by atoms with Crippen LogP contribution in [0.4, 0.5) is 4.39 Å². The zero-order valence-corrected chi connectivity index (χ0v) is 14.0. The summed E-state index contributed by atoms with van der Waals surface area (Å²) in [5.74, 6) is 0.542. The number of fused-ring (bicyclic) bond motifs is 1. The Hall–Kier alpha value is -2.11. The van der Waals surface area contributed by atoms with E-state index in [1.165, 1.54) is 13.1 Å². The normalized spacial score (nSPS) is 26.0. The number of H-pyrrole nitrogens is 1. The molecule has 1 aromatic heterocycles. The highest BCUT2D eigenvalue weighted by atomic mass is 19.1. The number of hydrogen-bond donors (Lipinski definition) is 1. The van der Waals surface area contributed by atoms with E-state index in [-0.39, 0.29) is 29.6 Å². The van der Waals surface area contributed by atoms with Crippen molar-refractivity contribution in [3.8, 4) is 5.75 Å². The maximum absolute atomic E-state index is 13.6. The molecule has 0 saturated heterocycles. The summed E-state index contributed by atoms with van der Waals surface area (Å²) in [7, 11) is 1.96. The number of rotatable bonds is 5. The predicted molar refractivity (Wildman–Crippen MR) is 88.8 cm³/mol. The van der Waals surface area contributed by atoms with Gasteiger partial charge in [-0.15, -0.1) is 0 Å². The Labute approximate surface area is 140 Å². The lowest BCUT2D eigenvalue weighted by atomic mass is 9.81. The molecule has 3 atom stereocenters. The molecule has 0 bridgehead atoms. The van der Waals surface area contributed by atoms with E-state index in [0.29, 0.717) is 25.4 Å². The van der Waals surface area contributed by atoms with Gasteiger partial charge >= 0.3 is 0 Å². The summed E-state index contributed by atoms with van der Waals surface area (Å²) in [5.41, 5.74) is 1.52. The number of pyridine rings is 1. The Morgan fingerprint density at radius 3 is 3.00 bits per heavy atom. The highest BCUT2D eigenvalue weighted by molar-refractivity contribution is 5.78. The minimum atomic E-state index is -0.728. The Morgan fingerprint density at radius 1 is 1.46 bits per heavy atom. The molecular weight excluding hydrogens is 311 g/mol. The molecule has 130 valence electrons. The smallest absolute Gasteiger partial charge is 0.290 e. The first kappa shape index (κ1) is 16.7. The van der Waals surface area contributed by atoms with Crippen LogP contribution in [-0.4, -0.2) is 41.5 Å². The topological polar surface area (TPSA) is 62.4 Å². The van der Waals surface area contributed by atoms with Crippen molar-refractivity contribution < 1.29 is 13.9 Å². The van der Waals surface area contributed by atoms with Crippen LogP contribution in [0.2, 0.25) is 0 Å². The van der Waals surface area contributed by atoms with Crippen LogP contribution >= 0.6 is 0 Å². The monoisotopic (exact) mass is 334 g/mol. The number of ether oxygens (including phenoxy) is 1. The molecule has 1 aliphatic heterocycles. The number of carbonyl (C=O) groups excluding carboxylic acids is 1. The van der Waals surface area contributed by atoms with Crippen LogP contribution < -0.4 is 10.3 Å². The third-order valence-corrected chi connectivity index (χ3v) is 4.90. The number of aromatic amines is 1. The van der Waals surface area contributed by atoms with Crippen LogP contribution in [0, 0.1) is 5.92 Å². The van der Waals surface area contributed by atoms with Gasteiger partial charge in [0.15, 0.2) is 5.75 Å². The highest BCUT2D eigenvalue weighted by Gasteiger charge is 2.38. The van der Waals surface area contributed by atoms with Crippen LogP contribution in [0.1, 0.15) is 31.7 Å². The van der Waals surface area contributed by atoms with E-state index in [9.17, 15) is 14.0 Å². The molecule has 2 aliphatic rings. The first-order valence-electron chi connectivity index (χ1n) is 8.34. The Kier molecular flexibility index (Phi) is 4.73. The van der Waals surface area contributed by atoms with Crippen molar-refractivity contribution in [3.05, 3.63) is 40.0 Å². The van der Waals surface area contributed by atoms with Crippen molar-refractivity contribution in [2.24, 2.45) is 5.92 Å². The van der Waals surface area contributed by atoms with Gasteiger partial charge in [-0.05, 0) is 43.4 Å². The number of Topliss-reactive ketones (excluding diaryl/α,β-unsaturated/α-hetero) is 1. The fourth-order valence-corrected chi connectivity index (χ4v) is 3.74. The lowest BCUT2D eigenvalue weighted by molar-refractivity contribution is -0.116. The van der Waals surface area contributed by atoms with Crippen LogP contribution in [0.25, 0.3) is 0 Å². The van der Waals surface area contributed by atoms with E-state index >= 15 is 0 Å². The highest BCUT2D eigenvalue weighted by Crippen LogP contribution is 2.39. The van der Waals surface area contributed by atoms with Crippen molar-refractivity contribution in [1.82, 2.24) is 9.88 Å². The van der Waals surface area contributed by atoms with Gasteiger partial charge in [-0.2, -0.15) is 0 Å². The van der Waals surface area contributed by atoms with Gasteiger partial charge in [0.05, 0.1) is 0 Å². The molecule has 5 nitrogen and oxygen atoms in total. The third kappa shape index (κ3) is 3.52. The zero-order chi connectivity index (χ0) is 17.3. The predicted octanol–water partition coefficient (Wildman–Crippen LogP) is 2.22. The van der Waals surface area contributed by atoms with Gasteiger partial charge in [0.25, 0.3) is 5.56 Å². The largest absolute Gasteiger partial charge is 0.483 e. The minimum absolute atomic E-state index is 0.0268. The van der Waals surface area contributed by atoms with Gasteiger partial charge in [0.2, 0.25) is 0 Å². The first-order chi connectivity index (χ1) is 11.4. The van der Waals surface area contributed by atoms with Crippen LogP contribution in [0.3, 0.4) is 0 Å². The molecule has 0 radical (unpaired) electrons. The van der Waals surface area contributed by atoms with E-state index in [4.69, 9.17) is 4.74 Å². The third-order valence-electron chi connectivity index (χ3n) is 4.90. The number of halogens is 1. The molecule has 3 rings (SSSR count). The zero-order valence-electron chi connectivity index (χ0n) is 14.0. The molecule has 1 saturated carbocycles. The number of carbonyl (C=O) groups is 1. The number of alkyl halides is 1. The molecule has 1 aromatic rings. The lowest BCUT2D eigenvalue weighted by Gasteiger charge is -2.33. The van der Waals surface area contributed by atoms with Crippen LogP contribution in [0.5, 0.6) is 5.75 Å². The second kappa shape index (κ2) is 6.79. The SMILES string of the molecule is CC(=O)Cc1c[nH]c(=O)c(OCC2=CN(C)C3C[C@@H](F)CCC23)c1. The van der Waals surface area contributed by atoms with E-state index in [0.717, 1.165) is 17.6 Å². The molecule has 0 spiro atoms. The van der Waals surface area contributed by atoms with Gasteiger partial charge in [0, 0.05) is 37.8 Å². The summed E-state index contributed by atoms with van der Waals surface area (Å²) in [4.78, 5) is 27.8. The number of hydrogen-bond acceptors (Lipinski definition) is 4. The van der Waals surface area contributed by atoms with Crippen LogP contribution in [0.15, 0.2) is 28.8 Å². The summed E-state index contributed by atoms with van der Waals surface area (Å²) in [6.45, 7) is 1.82. The Bertz CT molecular complexity index is 712. The molecular formula is C18H23FN2O3. The van der Waals surface area contributed by atoms with Crippen molar-refractivity contribution in [2.75, 3.05) is 13.7 Å². The lowest BCUT2D eigenvalue weighted by Crippen LogP contribution is -2.36. The molecule has 0 aromatic carbocycles. The van der Waals surface area contributed by atoms with Gasteiger partial charge < -0.3 is 14.6 Å². The number of aromatic nitrogens is 1. The molecule has 6 heteroatoms. The van der Waals surface area contributed by atoms with Crippen molar-refractivity contribution >= 4 is 5.78 Å². The molecule has 24 heavy (non-hydrogen) atoms. The molecule has 1 N–H and O–H groups in total. The minimum Gasteiger partial charge on any atom is -0.483 e. The summed E-state index contributed by atoms with van der Waals surface area (Å²) in [6.07, 6.45) is 5.04. The number of nitrogens with one attached hydrogen (secondary N) is 1. The molecule has 1 fully saturated rings. The maximum atomic E-state index is 13.6. The second-order valence-corrected chi connectivity index (χ2v) is 6.82. The molecule has 0 amide bonds. The van der Waals surface area contributed by atoms with Gasteiger partial charge in [0.1, 0.15) is 18.6 Å². The average molecular weight is 334 g/mol.